The monoisotopic (exact) mass is 306 g/mol. The van der Waals surface area contributed by atoms with Gasteiger partial charge in [0.15, 0.2) is 6.61 Å². The van der Waals surface area contributed by atoms with Crippen molar-refractivity contribution < 1.29 is 9.63 Å². The zero-order valence-electron chi connectivity index (χ0n) is 11.8. The number of carbonyl (C=O) groups is 1. The molecule has 5 heteroatoms. The van der Waals surface area contributed by atoms with E-state index in [-0.39, 0.29) is 12.5 Å². The Labute approximate surface area is 129 Å². The molecule has 1 N–H and O–H groups in total. The normalized spacial score (nSPS) is 18.2. The topological polar surface area (TPSA) is 50.7 Å². The fourth-order valence-electron chi connectivity index (χ4n) is 2.50. The second-order valence-corrected chi connectivity index (χ2v) is 6.26. The number of nitrogens with one attached hydrogen (secondary N) is 1. The van der Waals surface area contributed by atoms with Crippen molar-refractivity contribution in [1.82, 2.24) is 5.32 Å². The number of carbonyl (C=O) groups excluding carboxylic acids is 1. The molecule has 1 aromatic rings. The molecule has 0 saturated heterocycles. The first-order chi connectivity index (χ1) is 10.2. The summed E-state index contributed by atoms with van der Waals surface area (Å²) >= 11 is 5.80. The molecule has 2 aliphatic rings. The predicted molar refractivity (Wildman–Crippen MR) is 82.4 cm³/mol. The molecule has 0 bridgehead atoms. The maximum Gasteiger partial charge on any atom is 0.261 e. The number of nitrogens with zero attached hydrogens (tertiary/aromatic N) is 1. The Kier molecular flexibility index (Phi) is 4.44. The van der Waals surface area contributed by atoms with Crippen molar-refractivity contribution in [2.75, 3.05) is 6.61 Å². The van der Waals surface area contributed by atoms with E-state index < -0.39 is 0 Å². The summed E-state index contributed by atoms with van der Waals surface area (Å²) in [5, 5.41) is 7.58. The van der Waals surface area contributed by atoms with Crippen molar-refractivity contribution in [3.8, 4) is 0 Å². The van der Waals surface area contributed by atoms with Crippen molar-refractivity contribution in [2.24, 2.45) is 17.0 Å². The zero-order valence-corrected chi connectivity index (χ0v) is 12.6. The lowest BCUT2D eigenvalue weighted by molar-refractivity contribution is -0.126. The molecule has 21 heavy (non-hydrogen) atoms. The fraction of sp³-hybridized carbons (Fsp3) is 0.500. The largest absolute Gasteiger partial charge is 0.386 e. The van der Waals surface area contributed by atoms with Crippen LogP contribution in [0.4, 0.5) is 0 Å². The summed E-state index contributed by atoms with van der Waals surface area (Å²) < 4.78 is 0. The van der Waals surface area contributed by atoms with Crippen molar-refractivity contribution in [2.45, 2.75) is 31.7 Å². The van der Waals surface area contributed by atoms with Gasteiger partial charge in [0, 0.05) is 11.1 Å². The van der Waals surface area contributed by atoms with Crippen LogP contribution < -0.4 is 5.32 Å². The van der Waals surface area contributed by atoms with Crippen LogP contribution in [0.5, 0.6) is 0 Å². The smallest absolute Gasteiger partial charge is 0.261 e. The van der Waals surface area contributed by atoms with Gasteiger partial charge in [-0.1, -0.05) is 28.9 Å². The molecule has 1 aromatic carbocycles. The van der Waals surface area contributed by atoms with Crippen LogP contribution >= 0.6 is 11.6 Å². The Morgan fingerprint density at radius 2 is 1.90 bits per heavy atom. The first kappa shape index (κ1) is 14.4. The molecule has 2 fully saturated rings. The maximum absolute atomic E-state index is 11.8. The van der Waals surface area contributed by atoms with Gasteiger partial charge in [-0.2, -0.15) is 0 Å². The molecule has 2 saturated carbocycles. The molecule has 0 radical (unpaired) electrons. The third-order valence-electron chi connectivity index (χ3n) is 3.93. The third-order valence-corrected chi connectivity index (χ3v) is 4.18. The van der Waals surface area contributed by atoms with E-state index in [9.17, 15) is 4.79 Å². The molecular weight excluding hydrogens is 288 g/mol. The maximum atomic E-state index is 11.8. The lowest BCUT2D eigenvalue weighted by Gasteiger charge is -2.16. The van der Waals surface area contributed by atoms with Crippen LogP contribution in [0.2, 0.25) is 5.02 Å². The Hall–Kier alpha value is -1.55. The Balaban J connectivity index is 1.40. The molecule has 0 unspecified atom stereocenters. The van der Waals surface area contributed by atoms with Gasteiger partial charge in [-0.25, -0.2) is 0 Å². The minimum absolute atomic E-state index is 0.0277. The van der Waals surface area contributed by atoms with E-state index in [0.717, 1.165) is 5.56 Å². The molecule has 2 aliphatic carbocycles. The van der Waals surface area contributed by atoms with Gasteiger partial charge in [0.25, 0.3) is 5.91 Å². The van der Waals surface area contributed by atoms with Crippen LogP contribution in [0.15, 0.2) is 29.4 Å². The Morgan fingerprint density at radius 1 is 1.29 bits per heavy atom. The molecule has 0 atom stereocenters. The Morgan fingerprint density at radius 3 is 2.48 bits per heavy atom. The summed E-state index contributed by atoms with van der Waals surface area (Å²) in [6.07, 6.45) is 6.56. The van der Waals surface area contributed by atoms with Crippen LogP contribution in [-0.4, -0.2) is 24.8 Å². The zero-order chi connectivity index (χ0) is 14.7. The van der Waals surface area contributed by atoms with E-state index in [1.165, 1.54) is 25.7 Å². The van der Waals surface area contributed by atoms with Crippen LogP contribution in [0.25, 0.3) is 0 Å². The SMILES string of the molecule is O=C(CO/N=C/c1ccc(Cl)cc1)NC(C1CC1)C1CC1. The summed E-state index contributed by atoms with van der Waals surface area (Å²) in [5.41, 5.74) is 0.883. The highest BCUT2D eigenvalue weighted by atomic mass is 35.5. The number of benzene rings is 1. The quantitative estimate of drug-likeness (QED) is 0.622. The first-order valence-corrected chi connectivity index (χ1v) is 7.80. The molecule has 4 nitrogen and oxygen atoms in total. The minimum atomic E-state index is -0.0768. The van der Waals surface area contributed by atoms with E-state index in [1.54, 1.807) is 18.3 Å². The van der Waals surface area contributed by atoms with Crippen LogP contribution in [-0.2, 0) is 9.63 Å². The van der Waals surface area contributed by atoms with Crippen molar-refractivity contribution in [3.05, 3.63) is 34.9 Å². The number of hydrogen-bond acceptors (Lipinski definition) is 3. The highest BCUT2D eigenvalue weighted by Gasteiger charge is 2.42. The predicted octanol–water partition coefficient (Wildman–Crippen LogP) is 3.00. The van der Waals surface area contributed by atoms with E-state index >= 15 is 0 Å². The van der Waals surface area contributed by atoms with Crippen molar-refractivity contribution in [1.29, 1.82) is 0 Å². The second kappa shape index (κ2) is 6.48. The summed E-state index contributed by atoms with van der Waals surface area (Å²) in [7, 11) is 0. The minimum Gasteiger partial charge on any atom is -0.386 e. The summed E-state index contributed by atoms with van der Waals surface area (Å²) in [5.74, 6) is 1.31. The summed E-state index contributed by atoms with van der Waals surface area (Å²) in [6, 6.07) is 7.61. The summed E-state index contributed by atoms with van der Waals surface area (Å²) in [4.78, 5) is 16.9. The van der Waals surface area contributed by atoms with Gasteiger partial charge in [-0.05, 0) is 55.2 Å². The van der Waals surface area contributed by atoms with Crippen LogP contribution in [0, 0.1) is 11.8 Å². The van der Waals surface area contributed by atoms with Gasteiger partial charge in [0.05, 0.1) is 6.21 Å². The number of rotatable bonds is 7. The summed E-state index contributed by atoms with van der Waals surface area (Å²) in [6.45, 7) is -0.0277. The average molecular weight is 307 g/mol. The van der Waals surface area contributed by atoms with E-state index in [2.05, 4.69) is 10.5 Å². The number of amides is 1. The lowest BCUT2D eigenvalue weighted by Crippen LogP contribution is -2.39. The van der Waals surface area contributed by atoms with Crippen LogP contribution in [0.1, 0.15) is 31.2 Å². The lowest BCUT2D eigenvalue weighted by atomic mass is 10.1. The van der Waals surface area contributed by atoms with Crippen molar-refractivity contribution in [3.63, 3.8) is 0 Å². The van der Waals surface area contributed by atoms with E-state index in [4.69, 9.17) is 16.4 Å². The molecule has 3 rings (SSSR count). The van der Waals surface area contributed by atoms with Gasteiger partial charge in [0.2, 0.25) is 0 Å². The molecule has 0 spiro atoms. The fourth-order valence-corrected chi connectivity index (χ4v) is 2.63. The Bertz CT molecular complexity index is 510. The van der Waals surface area contributed by atoms with E-state index in [0.29, 0.717) is 22.9 Å². The van der Waals surface area contributed by atoms with Crippen molar-refractivity contribution >= 4 is 23.7 Å². The molecule has 112 valence electrons. The third kappa shape index (κ3) is 4.46. The standard InChI is InChI=1S/C16H19ClN2O2/c17-14-7-1-11(2-8-14)9-18-21-10-15(20)19-16(12-3-4-12)13-5-6-13/h1-2,7-9,12-13,16H,3-6,10H2,(H,19,20)/b18-9+. The van der Waals surface area contributed by atoms with E-state index in [1.807, 2.05) is 12.1 Å². The highest BCUT2D eigenvalue weighted by Crippen LogP contribution is 2.44. The van der Waals surface area contributed by atoms with Gasteiger partial charge in [0.1, 0.15) is 0 Å². The van der Waals surface area contributed by atoms with Gasteiger partial charge in [-0.15, -0.1) is 0 Å². The number of oxime groups is 1. The molecule has 0 heterocycles. The van der Waals surface area contributed by atoms with Gasteiger partial charge >= 0.3 is 0 Å². The van der Waals surface area contributed by atoms with Crippen LogP contribution in [0.3, 0.4) is 0 Å². The molecular formula is C16H19ClN2O2. The first-order valence-electron chi connectivity index (χ1n) is 7.42. The molecule has 1 amide bonds. The molecule has 0 aromatic heterocycles. The second-order valence-electron chi connectivity index (χ2n) is 5.83. The van der Waals surface area contributed by atoms with Gasteiger partial charge < -0.3 is 10.2 Å². The molecule has 0 aliphatic heterocycles. The van der Waals surface area contributed by atoms with Gasteiger partial charge in [-0.3, -0.25) is 4.79 Å². The average Bonchev–Trinajstić information content (AvgIpc) is 3.37. The number of halogens is 1. The number of hydrogen-bond donors (Lipinski definition) is 1. The highest BCUT2D eigenvalue weighted by molar-refractivity contribution is 6.30.